The molecule has 2 N–H and O–H groups in total. The number of amides is 1. The molecule has 31 heavy (non-hydrogen) atoms. The van der Waals surface area contributed by atoms with Crippen LogP contribution >= 0.6 is 0 Å². The third kappa shape index (κ3) is 3.92. The molecule has 0 aliphatic heterocycles. The van der Waals surface area contributed by atoms with Crippen molar-refractivity contribution in [1.29, 1.82) is 0 Å². The van der Waals surface area contributed by atoms with Gasteiger partial charge in [-0.1, -0.05) is 29.8 Å². The van der Waals surface area contributed by atoms with Crippen LogP contribution in [0.15, 0.2) is 64.3 Å². The van der Waals surface area contributed by atoms with E-state index in [4.69, 9.17) is 0 Å². The molecule has 8 nitrogen and oxygen atoms in total. The van der Waals surface area contributed by atoms with Crippen molar-refractivity contribution in [2.75, 3.05) is 0 Å². The molecule has 8 heteroatoms. The number of aromatic nitrogens is 4. The summed E-state index contributed by atoms with van der Waals surface area (Å²) in [7, 11) is 0. The summed E-state index contributed by atoms with van der Waals surface area (Å²) in [5, 5.41) is 7.74. The Morgan fingerprint density at radius 3 is 2.55 bits per heavy atom. The normalized spacial score (nSPS) is 12.1. The molecule has 0 bridgehead atoms. The number of hydrogen-bond acceptors (Lipinski definition) is 4. The molecule has 0 aliphatic rings. The molecule has 0 unspecified atom stereocenters. The van der Waals surface area contributed by atoms with Crippen LogP contribution in [0, 0.1) is 13.8 Å². The van der Waals surface area contributed by atoms with Crippen molar-refractivity contribution in [1.82, 2.24) is 24.6 Å². The van der Waals surface area contributed by atoms with Gasteiger partial charge in [-0.05, 0) is 45.0 Å². The minimum Gasteiger partial charge on any atom is -0.348 e. The predicted octanol–water partition coefficient (Wildman–Crippen LogP) is 2.37. The molecular weight excluding hydrogens is 394 g/mol. The van der Waals surface area contributed by atoms with Crippen LogP contribution in [0.25, 0.3) is 16.6 Å². The molecule has 0 spiro atoms. The van der Waals surface area contributed by atoms with E-state index in [1.807, 2.05) is 49.7 Å². The zero-order valence-corrected chi connectivity index (χ0v) is 17.5. The Labute approximate surface area is 178 Å². The minimum absolute atomic E-state index is 0.203. The number of carbonyl (C=O) groups is 1. The second-order valence-electron chi connectivity index (χ2n) is 7.58. The summed E-state index contributed by atoms with van der Waals surface area (Å²) in [6.07, 6.45) is 1.74. The minimum atomic E-state index is -0.616. The number of benzene rings is 2. The number of aromatic amines is 1. The lowest BCUT2D eigenvalue weighted by Gasteiger charge is -2.15. The fraction of sp³-hybridized carbons (Fsp3) is 0.217. The molecule has 1 atom stereocenters. The molecule has 4 rings (SSSR count). The molecule has 2 aromatic heterocycles. The molecule has 1 amide bonds. The largest absolute Gasteiger partial charge is 0.348 e. The Morgan fingerprint density at radius 1 is 1.10 bits per heavy atom. The first kappa shape index (κ1) is 20.3. The molecular formula is C23H23N5O3. The summed E-state index contributed by atoms with van der Waals surface area (Å²) in [4.78, 5) is 39.3. The van der Waals surface area contributed by atoms with Gasteiger partial charge in [-0.3, -0.25) is 19.1 Å². The number of carbonyl (C=O) groups excluding carboxylic acids is 1. The second-order valence-corrected chi connectivity index (χ2v) is 7.58. The fourth-order valence-electron chi connectivity index (χ4n) is 3.70. The van der Waals surface area contributed by atoms with E-state index in [-0.39, 0.29) is 18.5 Å². The van der Waals surface area contributed by atoms with Gasteiger partial charge < -0.3 is 5.32 Å². The van der Waals surface area contributed by atoms with Gasteiger partial charge >= 0.3 is 5.69 Å². The summed E-state index contributed by atoms with van der Waals surface area (Å²) in [5.74, 6) is -0.339. The molecule has 158 valence electrons. The maximum Gasteiger partial charge on any atom is 0.329 e. The lowest BCUT2D eigenvalue weighted by Crippen LogP contribution is -2.37. The third-order valence-corrected chi connectivity index (χ3v) is 5.38. The summed E-state index contributed by atoms with van der Waals surface area (Å²) in [6.45, 7) is 5.64. The van der Waals surface area contributed by atoms with Gasteiger partial charge in [0.2, 0.25) is 5.91 Å². The molecule has 0 aliphatic carbocycles. The van der Waals surface area contributed by atoms with Crippen molar-refractivity contribution < 1.29 is 4.79 Å². The van der Waals surface area contributed by atoms with Gasteiger partial charge in [0.25, 0.3) is 5.56 Å². The number of nitrogens with zero attached hydrogens (tertiary/aromatic N) is 3. The van der Waals surface area contributed by atoms with Gasteiger partial charge in [0.05, 0.1) is 28.8 Å². The van der Waals surface area contributed by atoms with E-state index in [1.165, 1.54) is 10.1 Å². The molecule has 0 saturated carbocycles. The second kappa shape index (κ2) is 8.06. The Bertz CT molecular complexity index is 1380. The number of aryl methyl sites for hydroxylation is 1. The smallest absolute Gasteiger partial charge is 0.329 e. The fourth-order valence-corrected chi connectivity index (χ4v) is 3.70. The van der Waals surface area contributed by atoms with Crippen LogP contribution in [-0.2, 0) is 11.3 Å². The average Bonchev–Trinajstić information content (AvgIpc) is 3.13. The summed E-state index contributed by atoms with van der Waals surface area (Å²) in [6, 6.07) is 14.4. The number of hydrogen-bond donors (Lipinski definition) is 2. The predicted molar refractivity (Wildman–Crippen MR) is 118 cm³/mol. The van der Waals surface area contributed by atoms with Crippen LogP contribution in [-0.4, -0.2) is 25.2 Å². The highest BCUT2D eigenvalue weighted by atomic mass is 16.2. The Hall–Kier alpha value is -3.94. The van der Waals surface area contributed by atoms with Crippen molar-refractivity contribution in [2.24, 2.45) is 0 Å². The van der Waals surface area contributed by atoms with Gasteiger partial charge in [0.15, 0.2) is 0 Å². The van der Waals surface area contributed by atoms with E-state index in [0.29, 0.717) is 10.9 Å². The summed E-state index contributed by atoms with van der Waals surface area (Å²) < 4.78 is 3.10. The van der Waals surface area contributed by atoms with Crippen molar-refractivity contribution in [2.45, 2.75) is 33.4 Å². The maximum atomic E-state index is 12.7. The number of rotatable bonds is 5. The van der Waals surface area contributed by atoms with Gasteiger partial charge in [-0.25, -0.2) is 9.48 Å². The van der Waals surface area contributed by atoms with Crippen LogP contribution in [0.4, 0.5) is 0 Å². The quantitative estimate of drug-likeness (QED) is 0.520. The summed E-state index contributed by atoms with van der Waals surface area (Å²) >= 11 is 0. The lowest BCUT2D eigenvalue weighted by molar-refractivity contribution is -0.122. The number of fused-ring (bicyclic) bond motifs is 1. The first-order valence-corrected chi connectivity index (χ1v) is 9.98. The zero-order valence-electron chi connectivity index (χ0n) is 17.5. The molecule has 4 aromatic rings. The summed E-state index contributed by atoms with van der Waals surface area (Å²) in [5.41, 5.74) is 3.25. The third-order valence-electron chi connectivity index (χ3n) is 5.38. The SMILES string of the molecule is Cc1ccc(-n2ncc([C@H](C)NC(=O)Cn3c(=O)[nH]c(=O)c4ccccc43)c2C)cc1. The molecule has 2 heterocycles. The van der Waals surface area contributed by atoms with Crippen LogP contribution in [0.1, 0.15) is 29.8 Å². The van der Waals surface area contributed by atoms with E-state index in [9.17, 15) is 14.4 Å². The average molecular weight is 417 g/mol. The highest BCUT2D eigenvalue weighted by molar-refractivity contribution is 5.81. The first-order valence-electron chi connectivity index (χ1n) is 9.98. The lowest BCUT2D eigenvalue weighted by atomic mass is 10.1. The maximum absolute atomic E-state index is 12.7. The van der Waals surface area contributed by atoms with Gasteiger partial charge in [0, 0.05) is 11.3 Å². The molecule has 2 aromatic carbocycles. The number of nitrogens with one attached hydrogen (secondary N) is 2. The van der Waals surface area contributed by atoms with Gasteiger partial charge in [-0.15, -0.1) is 0 Å². The number of para-hydroxylation sites is 1. The van der Waals surface area contributed by atoms with E-state index in [0.717, 1.165) is 16.9 Å². The van der Waals surface area contributed by atoms with Crippen LogP contribution in [0.3, 0.4) is 0 Å². The van der Waals surface area contributed by atoms with Crippen molar-refractivity contribution in [3.8, 4) is 5.69 Å². The van der Waals surface area contributed by atoms with Gasteiger partial charge in [-0.2, -0.15) is 5.10 Å². The standard InChI is InChI=1S/C23H23N5O3/c1-14-8-10-17(11-9-14)28-16(3)19(12-24-28)15(2)25-21(29)13-27-20-7-5-4-6-18(20)22(30)26-23(27)31/h4-12,15H,13H2,1-3H3,(H,25,29)(H,26,30,31)/t15-/m0/s1. The van der Waals surface area contributed by atoms with Crippen molar-refractivity contribution in [3.05, 3.63) is 92.4 Å². The Balaban J connectivity index is 1.55. The monoisotopic (exact) mass is 417 g/mol. The van der Waals surface area contributed by atoms with Gasteiger partial charge in [0.1, 0.15) is 6.54 Å². The van der Waals surface area contributed by atoms with Crippen molar-refractivity contribution >= 4 is 16.8 Å². The van der Waals surface area contributed by atoms with Crippen LogP contribution in [0.2, 0.25) is 0 Å². The van der Waals surface area contributed by atoms with Crippen molar-refractivity contribution in [3.63, 3.8) is 0 Å². The van der Waals surface area contributed by atoms with E-state index < -0.39 is 11.2 Å². The van der Waals surface area contributed by atoms with E-state index in [1.54, 1.807) is 30.5 Å². The zero-order chi connectivity index (χ0) is 22.1. The molecule has 0 fully saturated rings. The van der Waals surface area contributed by atoms with Crippen LogP contribution < -0.4 is 16.6 Å². The van der Waals surface area contributed by atoms with E-state index in [2.05, 4.69) is 15.4 Å². The van der Waals surface area contributed by atoms with Crippen LogP contribution in [0.5, 0.6) is 0 Å². The highest BCUT2D eigenvalue weighted by Crippen LogP contribution is 2.20. The topological polar surface area (TPSA) is 102 Å². The molecule has 0 radical (unpaired) electrons. The first-order chi connectivity index (χ1) is 14.8. The highest BCUT2D eigenvalue weighted by Gasteiger charge is 2.18. The molecule has 0 saturated heterocycles. The Kier molecular flexibility index (Phi) is 5.29. The number of H-pyrrole nitrogens is 1. The van der Waals surface area contributed by atoms with E-state index >= 15 is 0 Å². The Morgan fingerprint density at radius 2 is 1.81 bits per heavy atom.